The van der Waals surface area contributed by atoms with E-state index in [2.05, 4.69) is 5.32 Å². The van der Waals surface area contributed by atoms with Gasteiger partial charge in [0.15, 0.2) is 0 Å². The molecule has 0 saturated carbocycles. The van der Waals surface area contributed by atoms with Gasteiger partial charge in [-0.1, -0.05) is 54.6 Å². The smallest absolute Gasteiger partial charge is 0.230 e. The minimum Gasteiger partial charge on any atom is -0.353 e. The maximum atomic E-state index is 12.6. The number of nitrogens with two attached hydrogens (primary N) is 1. The molecular weight excluding hydrogens is 308 g/mol. The van der Waals surface area contributed by atoms with Gasteiger partial charge in [-0.25, -0.2) is 0 Å². The molecule has 0 aliphatic heterocycles. The van der Waals surface area contributed by atoms with Crippen LogP contribution < -0.4 is 11.1 Å². The first-order chi connectivity index (χ1) is 10.4. The van der Waals surface area contributed by atoms with Crippen LogP contribution in [0.15, 0.2) is 54.6 Å². The van der Waals surface area contributed by atoms with E-state index in [0.29, 0.717) is 6.54 Å². The molecule has 124 valence electrons. The zero-order valence-corrected chi connectivity index (χ0v) is 14.7. The van der Waals surface area contributed by atoms with Gasteiger partial charge in [-0.2, -0.15) is 0 Å². The van der Waals surface area contributed by atoms with E-state index in [1.165, 1.54) is 0 Å². The van der Waals surface area contributed by atoms with Crippen LogP contribution in [0.4, 0.5) is 0 Å². The summed E-state index contributed by atoms with van der Waals surface area (Å²) in [6, 6.07) is 17.6. The second-order valence-electron chi connectivity index (χ2n) is 6.17. The molecule has 2 aromatic carbocycles. The number of aryl methyl sites for hydroxylation is 1. The summed E-state index contributed by atoms with van der Waals surface area (Å²) < 4.78 is 0. The highest BCUT2D eigenvalue weighted by atomic mass is 35.5. The SMILES string of the molecule is Cc1ccccc1C(C)(C)C(=O)NCC(N)c1ccccc1.Cl. The Hall–Kier alpha value is -1.84. The Labute approximate surface area is 144 Å². The lowest BCUT2D eigenvalue weighted by molar-refractivity contribution is -0.125. The molecule has 23 heavy (non-hydrogen) atoms. The van der Waals surface area contributed by atoms with Crippen LogP contribution in [0.3, 0.4) is 0 Å². The summed E-state index contributed by atoms with van der Waals surface area (Å²) in [5, 5.41) is 2.98. The van der Waals surface area contributed by atoms with E-state index in [1.54, 1.807) is 0 Å². The first-order valence-electron chi connectivity index (χ1n) is 7.58. The molecular formula is C19H25ClN2O. The number of hydrogen-bond acceptors (Lipinski definition) is 2. The number of hydrogen-bond donors (Lipinski definition) is 2. The average Bonchev–Trinajstić information content (AvgIpc) is 2.53. The molecule has 2 rings (SSSR count). The molecule has 0 spiro atoms. The molecule has 1 atom stereocenters. The first kappa shape index (κ1) is 19.2. The summed E-state index contributed by atoms with van der Waals surface area (Å²) in [4.78, 5) is 12.6. The largest absolute Gasteiger partial charge is 0.353 e. The van der Waals surface area contributed by atoms with Crippen LogP contribution in [-0.2, 0) is 10.2 Å². The van der Waals surface area contributed by atoms with Crippen LogP contribution in [0.1, 0.15) is 36.6 Å². The van der Waals surface area contributed by atoms with Gasteiger partial charge in [0.1, 0.15) is 0 Å². The summed E-state index contributed by atoms with van der Waals surface area (Å²) >= 11 is 0. The molecule has 0 saturated heterocycles. The van der Waals surface area contributed by atoms with Gasteiger partial charge in [-0.3, -0.25) is 4.79 Å². The molecule has 2 aromatic rings. The number of amides is 1. The highest BCUT2D eigenvalue weighted by Crippen LogP contribution is 2.26. The number of benzene rings is 2. The summed E-state index contributed by atoms with van der Waals surface area (Å²) in [6.45, 7) is 6.34. The number of carbonyl (C=O) groups is 1. The van der Waals surface area contributed by atoms with Gasteiger partial charge in [-0.15, -0.1) is 12.4 Å². The molecule has 0 aromatic heterocycles. The molecule has 4 heteroatoms. The topological polar surface area (TPSA) is 55.1 Å². The van der Waals surface area contributed by atoms with Gasteiger partial charge >= 0.3 is 0 Å². The van der Waals surface area contributed by atoms with Crippen LogP contribution in [0.5, 0.6) is 0 Å². The third kappa shape index (κ3) is 4.57. The van der Waals surface area contributed by atoms with E-state index < -0.39 is 5.41 Å². The van der Waals surface area contributed by atoms with Crippen LogP contribution in [-0.4, -0.2) is 12.5 Å². The fourth-order valence-corrected chi connectivity index (χ4v) is 2.64. The summed E-state index contributed by atoms with van der Waals surface area (Å²) in [5.41, 5.74) is 8.75. The quantitative estimate of drug-likeness (QED) is 0.880. The zero-order chi connectivity index (χ0) is 16.2. The van der Waals surface area contributed by atoms with Crippen molar-refractivity contribution in [3.05, 3.63) is 71.3 Å². The van der Waals surface area contributed by atoms with E-state index in [-0.39, 0.29) is 24.4 Å². The van der Waals surface area contributed by atoms with Crippen molar-refractivity contribution in [3.8, 4) is 0 Å². The summed E-state index contributed by atoms with van der Waals surface area (Å²) in [5.74, 6) is -0.00631. The molecule has 3 nitrogen and oxygen atoms in total. The van der Waals surface area contributed by atoms with Crippen molar-refractivity contribution < 1.29 is 4.79 Å². The van der Waals surface area contributed by atoms with Crippen molar-refractivity contribution in [2.24, 2.45) is 5.73 Å². The zero-order valence-electron chi connectivity index (χ0n) is 13.9. The van der Waals surface area contributed by atoms with Crippen LogP contribution in [0.25, 0.3) is 0 Å². The highest BCUT2D eigenvalue weighted by molar-refractivity contribution is 5.87. The van der Waals surface area contributed by atoms with Crippen molar-refractivity contribution in [2.45, 2.75) is 32.2 Å². The van der Waals surface area contributed by atoms with Crippen LogP contribution >= 0.6 is 12.4 Å². The van der Waals surface area contributed by atoms with Crippen molar-refractivity contribution in [2.75, 3.05) is 6.54 Å². The first-order valence-corrected chi connectivity index (χ1v) is 7.58. The number of rotatable bonds is 5. The Kier molecular flexibility index (Phi) is 6.79. The molecule has 3 N–H and O–H groups in total. The van der Waals surface area contributed by atoms with Crippen molar-refractivity contribution in [1.82, 2.24) is 5.32 Å². The second-order valence-corrected chi connectivity index (χ2v) is 6.17. The molecule has 0 heterocycles. The fraction of sp³-hybridized carbons (Fsp3) is 0.316. The monoisotopic (exact) mass is 332 g/mol. The van der Waals surface area contributed by atoms with Crippen LogP contribution in [0.2, 0.25) is 0 Å². The van der Waals surface area contributed by atoms with E-state index in [9.17, 15) is 4.79 Å². The minimum atomic E-state index is -0.582. The molecule has 1 unspecified atom stereocenters. The number of carbonyl (C=O) groups excluding carboxylic acids is 1. The normalized spacial score (nSPS) is 12.2. The summed E-state index contributed by atoms with van der Waals surface area (Å²) in [6.07, 6.45) is 0. The molecule has 0 aliphatic rings. The van der Waals surface area contributed by atoms with Crippen molar-refractivity contribution in [1.29, 1.82) is 0 Å². The summed E-state index contributed by atoms with van der Waals surface area (Å²) in [7, 11) is 0. The van der Waals surface area contributed by atoms with E-state index in [4.69, 9.17) is 5.73 Å². The predicted octanol–water partition coefficient (Wildman–Crippen LogP) is 3.51. The average molecular weight is 333 g/mol. The van der Waals surface area contributed by atoms with Crippen molar-refractivity contribution in [3.63, 3.8) is 0 Å². The fourth-order valence-electron chi connectivity index (χ4n) is 2.64. The van der Waals surface area contributed by atoms with Gasteiger partial charge in [0, 0.05) is 12.6 Å². The molecule has 0 bridgehead atoms. The lowest BCUT2D eigenvalue weighted by atomic mass is 9.81. The molecule has 1 amide bonds. The van der Waals surface area contributed by atoms with Gasteiger partial charge in [0.05, 0.1) is 5.41 Å². The lowest BCUT2D eigenvalue weighted by Crippen LogP contribution is -2.43. The van der Waals surface area contributed by atoms with Crippen LogP contribution in [0, 0.1) is 6.92 Å². The van der Waals surface area contributed by atoms with Gasteiger partial charge < -0.3 is 11.1 Å². The second kappa shape index (κ2) is 8.14. The van der Waals surface area contributed by atoms with Gasteiger partial charge in [-0.05, 0) is 37.5 Å². The van der Waals surface area contributed by atoms with Crippen molar-refractivity contribution >= 4 is 18.3 Å². The number of nitrogens with one attached hydrogen (secondary N) is 1. The van der Waals surface area contributed by atoms with E-state index in [1.807, 2.05) is 75.4 Å². The predicted molar refractivity (Wildman–Crippen MR) is 97.8 cm³/mol. The Bertz CT molecular complexity index is 641. The molecule has 0 fully saturated rings. The maximum Gasteiger partial charge on any atom is 0.230 e. The lowest BCUT2D eigenvalue weighted by Gasteiger charge is -2.26. The Balaban J connectivity index is 0.00000264. The minimum absolute atomic E-state index is 0. The van der Waals surface area contributed by atoms with E-state index in [0.717, 1.165) is 16.7 Å². The van der Waals surface area contributed by atoms with Gasteiger partial charge in [0.2, 0.25) is 5.91 Å². The third-order valence-electron chi connectivity index (χ3n) is 4.10. The Morgan fingerprint density at radius 1 is 1.09 bits per heavy atom. The Morgan fingerprint density at radius 2 is 1.65 bits per heavy atom. The maximum absolute atomic E-state index is 12.6. The van der Waals surface area contributed by atoms with E-state index >= 15 is 0 Å². The number of halogens is 1. The molecule has 0 aliphatic carbocycles. The van der Waals surface area contributed by atoms with Gasteiger partial charge in [0.25, 0.3) is 0 Å². The third-order valence-corrected chi connectivity index (χ3v) is 4.10. The highest BCUT2D eigenvalue weighted by Gasteiger charge is 2.30. The molecule has 0 radical (unpaired) electrons. The Morgan fingerprint density at radius 3 is 2.26 bits per heavy atom. The standard InChI is InChI=1S/C19H24N2O.ClH/c1-14-9-7-8-12-16(14)19(2,3)18(22)21-13-17(20)15-10-5-4-6-11-15;/h4-12,17H,13,20H2,1-3H3,(H,21,22);1H.